The molecular formula is C16H22FNO. The van der Waals surface area contributed by atoms with Gasteiger partial charge in [-0.1, -0.05) is 18.2 Å². The largest absolute Gasteiger partial charge is 0.381 e. The van der Waals surface area contributed by atoms with E-state index in [1.54, 1.807) is 19.2 Å². The van der Waals surface area contributed by atoms with E-state index >= 15 is 0 Å². The zero-order chi connectivity index (χ0) is 13.2. The molecule has 2 aliphatic rings. The molecule has 0 aliphatic heterocycles. The second-order valence-electron chi connectivity index (χ2n) is 5.92. The second kappa shape index (κ2) is 5.59. The second-order valence-corrected chi connectivity index (χ2v) is 5.92. The fourth-order valence-corrected chi connectivity index (χ4v) is 3.45. The summed E-state index contributed by atoms with van der Waals surface area (Å²) >= 11 is 0. The molecule has 2 atom stereocenters. The van der Waals surface area contributed by atoms with E-state index in [1.165, 1.54) is 6.42 Å². The Labute approximate surface area is 114 Å². The molecule has 0 bridgehead atoms. The van der Waals surface area contributed by atoms with E-state index in [0.717, 1.165) is 31.2 Å². The maximum atomic E-state index is 13.7. The molecule has 3 rings (SSSR count). The Kier molecular flexibility index (Phi) is 3.85. The average Bonchev–Trinajstić information content (AvgIpc) is 2.82. The van der Waals surface area contributed by atoms with Gasteiger partial charge in [0.05, 0.1) is 6.10 Å². The molecule has 2 saturated carbocycles. The molecule has 3 heteroatoms. The first-order valence-corrected chi connectivity index (χ1v) is 7.29. The van der Waals surface area contributed by atoms with Crippen molar-refractivity contribution in [3.05, 3.63) is 35.6 Å². The Morgan fingerprint density at radius 1 is 1.11 bits per heavy atom. The topological polar surface area (TPSA) is 21.3 Å². The van der Waals surface area contributed by atoms with Gasteiger partial charge in [-0.3, -0.25) is 0 Å². The van der Waals surface area contributed by atoms with E-state index in [0.29, 0.717) is 24.1 Å². The van der Waals surface area contributed by atoms with Crippen LogP contribution in [-0.2, 0) is 4.74 Å². The van der Waals surface area contributed by atoms with Crippen LogP contribution in [0.4, 0.5) is 4.39 Å². The van der Waals surface area contributed by atoms with Crippen LogP contribution in [-0.4, -0.2) is 25.3 Å². The van der Waals surface area contributed by atoms with E-state index in [4.69, 9.17) is 4.74 Å². The molecule has 104 valence electrons. The first-order valence-electron chi connectivity index (χ1n) is 7.29. The number of ether oxygens (including phenoxy) is 1. The van der Waals surface area contributed by atoms with Crippen molar-refractivity contribution in [3.63, 3.8) is 0 Å². The maximum Gasteiger partial charge on any atom is 0.126 e. The van der Waals surface area contributed by atoms with Gasteiger partial charge in [0.2, 0.25) is 0 Å². The number of halogens is 1. The van der Waals surface area contributed by atoms with Gasteiger partial charge in [-0.2, -0.15) is 0 Å². The monoisotopic (exact) mass is 263 g/mol. The van der Waals surface area contributed by atoms with E-state index < -0.39 is 0 Å². The highest BCUT2D eigenvalue weighted by Crippen LogP contribution is 2.39. The highest BCUT2D eigenvalue weighted by Gasteiger charge is 2.34. The fraction of sp³-hybridized carbons (Fsp3) is 0.625. The van der Waals surface area contributed by atoms with Crippen LogP contribution in [0.3, 0.4) is 0 Å². The Morgan fingerprint density at radius 3 is 2.58 bits per heavy atom. The summed E-state index contributed by atoms with van der Waals surface area (Å²) in [5, 5.41) is 3.70. The maximum absolute atomic E-state index is 13.7. The summed E-state index contributed by atoms with van der Waals surface area (Å²) in [5.74, 6) is 0.351. The first kappa shape index (κ1) is 13.1. The van der Waals surface area contributed by atoms with Crippen molar-refractivity contribution in [1.82, 2.24) is 5.32 Å². The molecule has 1 aromatic rings. The average molecular weight is 263 g/mol. The summed E-state index contributed by atoms with van der Waals surface area (Å²) < 4.78 is 19.0. The van der Waals surface area contributed by atoms with Crippen LogP contribution in [0.5, 0.6) is 0 Å². The third-order valence-corrected chi connectivity index (χ3v) is 4.67. The van der Waals surface area contributed by atoms with Crippen LogP contribution in [0.25, 0.3) is 0 Å². The van der Waals surface area contributed by atoms with E-state index in [9.17, 15) is 4.39 Å². The van der Waals surface area contributed by atoms with Gasteiger partial charge in [0.25, 0.3) is 0 Å². The van der Waals surface area contributed by atoms with E-state index in [1.807, 2.05) is 12.1 Å². The molecule has 19 heavy (non-hydrogen) atoms. The summed E-state index contributed by atoms with van der Waals surface area (Å²) in [5.41, 5.74) is 0.890. The van der Waals surface area contributed by atoms with E-state index in [2.05, 4.69) is 5.32 Å². The van der Waals surface area contributed by atoms with Crippen LogP contribution < -0.4 is 5.32 Å². The molecule has 1 aromatic carbocycles. The highest BCUT2D eigenvalue weighted by molar-refractivity contribution is 5.24. The Bertz CT molecular complexity index is 431. The number of rotatable bonds is 4. The summed E-state index contributed by atoms with van der Waals surface area (Å²) in [4.78, 5) is 0. The molecule has 2 fully saturated rings. The lowest BCUT2D eigenvalue weighted by Crippen LogP contribution is -2.45. The zero-order valence-electron chi connectivity index (χ0n) is 11.4. The quantitative estimate of drug-likeness (QED) is 0.900. The van der Waals surface area contributed by atoms with Crippen LogP contribution >= 0.6 is 0 Å². The molecular weight excluding hydrogens is 241 g/mol. The summed E-state index contributed by atoms with van der Waals surface area (Å²) in [6.07, 6.45) is 6.05. The molecule has 0 heterocycles. The molecule has 0 saturated heterocycles. The van der Waals surface area contributed by atoms with Crippen molar-refractivity contribution < 1.29 is 9.13 Å². The van der Waals surface area contributed by atoms with Gasteiger partial charge in [-0.05, 0) is 49.7 Å². The van der Waals surface area contributed by atoms with Crippen LogP contribution in [0, 0.1) is 5.82 Å². The van der Waals surface area contributed by atoms with Gasteiger partial charge >= 0.3 is 0 Å². The lowest BCUT2D eigenvalue weighted by atomic mass is 9.75. The summed E-state index contributed by atoms with van der Waals surface area (Å²) in [6, 6.07) is 8.33. The van der Waals surface area contributed by atoms with Crippen molar-refractivity contribution >= 4 is 0 Å². The van der Waals surface area contributed by atoms with Crippen molar-refractivity contribution in [2.24, 2.45) is 0 Å². The Morgan fingerprint density at radius 2 is 1.89 bits per heavy atom. The van der Waals surface area contributed by atoms with Gasteiger partial charge in [0.15, 0.2) is 0 Å². The lowest BCUT2D eigenvalue weighted by Gasteiger charge is -2.38. The molecule has 2 aliphatic carbocycles. The van der Waals surface area contributed by atoms with Crippen molar-refractivity contribution in [1.29, 1.82) is 0 Å². The standard InChI is InChI=1S/C16H22FNO/c1-19-14-7-6-12(10-14)18-13-8-11(9-13)15-4-2-3-5-16(15)17/h2-5,11-14,18H,6-10H2,1H3. The minimum absolute atomic E-state index is 0.0498. The van der Waals surface area contributed by atoms with Gasteiger partial charge in [0, 0.05) is 19.2 Å². The Balaban J connectivity index is 1.47. The summed E-state index contributed by atoms with van der Waals surface area (Å²) in [6.45, 7) is 0. The van der Waals surface area contributed by atoms with E-state index in [-0.39, 0.29) is 5.82 Å². The minimum atomic E-state index is -0.0498. The molecule has 0 radical (unpaired) electrons. The number of hydrogen-bond donors (Lipinski definition) is 1. The van der Waals surface area contributed by atoms with Gasteiger partial charge in [-0.25, -0.2) is 4.39 Å². The number of methoxy groups -OCH3 is 1. The third-order valence-electron chi connectivity index (χ3n) is 4.67. The highest BCUT2D eigenvalue weighted by atomic mass is 19.1. The van der Waals surface area contributed by atoms with Crippen LogP contribution in [0.15, 0.2) is 24.3 Å². The van der Waals surface area contributed by atoms with Gasteiger partial charge < -0.3 is 10.1 Å². The van der Waals surface area contributed by atoms with Gasteiger partial charge in [0.1, 0.15) is 5.82 Å². The third kappa shape index (κ3) is 2.82. The normalized spacial score (nSPS) is 34.2. The number of benzene rings is 1. The predicted octanol–water partition coefficient (Wildman–Crippen LogP) is 3.23. The fourth-order valence-electron chi connectivity index (χ4n) is 3.45. The number of nitrogens with one attached hydrogen (secondary N) is 1. The zero-order valence-corrected chi connectivity index (χ0v) is 11.4. The molecule has 0 aromatic heterocycles. The van der Waals surface area contributed by atoms with Crippen molar-refractivity contribution in [2.75, 3.05) is 7.11 Å². The smallest absolute Gasteiger partial charge is 0.126 e. The SMILES string of the molecule is COC1CCC(NC2CC(c3ccccc3F)C2)C1. The molecule has 0 spiro atoms. The molecule has 2 nitrogen and oxygen atoms in total. The Hall–Kier alpha value is -0.930. The lowest BCUT2D eigenvalue weighted by molar-refractivity contribution is 0.105. The van der Waals surface area contributed by atoms with Crippen molar-refractivity contribution in [3.8, 4) is 0 Å². The van der Waals surface area contributed by atoms with Crippen LogP contribution in [0.1, 0.15) is 43.6 Å². The first-order chi connectivity index (χ1) is 9.26. The molecule has 0 amide bonds. The summed E-state index contributed by atoms with van der Waals surface area (Å²) in [7, 11) is 1.80. The number of hydrogen-bond acceptors (Lipinski definition) is 2. The predicted molar refractivity (Wildman–Crippen MR) is 73.7 cm³/mol. The molecule has 2 unspecified atom stereocenters. The van der Waals surface area contributed by atoms with Crippen molar-refractivity contribution in [2.45, 2.75) is 56.2 Å². The van der Waals surface area contributed by atoms with Crippen LogP contribution in [0.2, 0.25) is 0 Å². The molecule has 1 N–H and O–H groups in total. The van der Waals surface area contributed by atoms with Gasteiger partial charge in [-0.15, -0.1) is 0 Å². The minimum Gasteiger partial charge on any atom is -0.381 e.